The third kappa shape index (κ3) is 4.38. The van der Waals surface area contributed by atoms with Gasteiger partial charge in [-0.25, -0.2) is 0 Å². The first kappa shape index (κ1) is 21.0. The Morgan fingerprint density at radius 1 is 0.750 bits per heavy atom. The fraction of sp³-hybridized carbons (Fsp3) is 0.357. The molecular weight excluding hydrogens is 396 g/mol. The van der Waals surface area contributed by atoms with Crippen LogP contribution < -0.4 is 9.47 Å². The molecule has 0 saturated heterocycles. The van der Waals surface area contributed by atoms with Crippen LogP contribution in [0.3, 0.4) is 0 Å². The van der Waals surface area contributed by atoms with Crippen molar-refractivity contribution in [1.29, 1.82) is 0 Å². The lowest BCUT2D eigenvalue weighted by molar-refractivity contribution is 0.0754. The van der Waals surface area contributed by atoms with Gasteiger partial charge in [0.05, 0.1) is 0 Å². The first-order valence-electron chi connectivity index (χ1n) is 11.4. The average molecular weight is 429 g/mol. The Kier molecular flexibility index (Phi) is 5.66. The SMILES string of the molecule is CC(C)(C)c1c2c(cc3c1OCN(Cc1ccccc1)C3)OCN(Cc1ccccc1)C2. The van der Waals surface area contributed by atoms with Gasteiger partial charge in [0, 0.05) is 42.9 Å². The van der Waals surface area contributed by atoms with Gasteiger partial charge in [0.1, 0.15) is 25.0 Å². The number of benzene rings is 3. The zero-order chi connectivity index (χ0) is 22.1. The van der Waals surface area contributed by atoms with Crippen LogP contribution in [-0.4, -0.2) is 23.3 Å². The minimum Gasteiger partial charge on any atom is -0.478 e. The quantitative estimate of drug-likeness (QED) is 0.533. The summed E-state index contributed by atoms with van der Waals surface area (Å²) >= 11 is 0. The number of nitrogens with zero attached hydrogens (tertiary/aromatic N) is 2. The molecule has 3 aromatic rings. The summed E-state index contributed by atoms with van der Waals surface area (Å²) in [4.78, 5) is 4.71. The van der Waals surface area contributed by atoms with Crippen LogP contribution in [0.1, 0.15) is 48.6 Å². The van der Waals surface area contributed by atoms with E-state index in [1.165, 1.54) is 27.8 Å². The van der Waals surface area contributed by atoms with Crippen molar-refractivity contribution in [3.8, 4) is 11.5 Å². The van der Waals surface area contributed by atoms with Crippen molar-refractivity contribution in [3.63, 3.8) is 0 Å². The van der Waals surface area contributed by atoms with Crippen LogP contribution >= 0.6 is 0 Å². The minimum absolute atomic E-state index is 0.0316. The highest BCUT2D eigenvalue weighted by atomic mass is 16.5. The van der Waals surface area contributed by atoms with E-state index in [4.69, 9.17) is 9.47 Å². The van der Waals surface area contributed by atoms with E-state index in [1.54, 1.807) is 0 Å². The average Bonchev–Trinajstić information content (AvgIpc) is 2.78. The summed E-state index contributed by atoms with van der Waals surface area (Å²) < 4.78 is 12.8. The third-order valence-electron chi connectivity index (χ3n) is 6.24. The van der Waals surface area contributed by atoms with Crippen molar-refractivity contribution in [2.24, 2.45) is 0 Å². The maximum Gasteiger partial charge on any atom is 0.142 e. The molecule has 0 atom stereocenters. The second-order valence-electron chi connectivity index (χ2n) is 9.96. The lowest BCUT2D eigenvalue weighted by Gasteiger charge is -2.38. The van der Waals surface area contributed by atoms with Gasteiger partial charge >= 0.3 is 0 Å². The summed E-state index contributed by atoms with van der Waals surface area (Å²) in [5.74, 6) is 2.08. The topological polar surface area (TPSA) is 24.9 Å². The van der Waals surface area contributed by atoms with E-state index in [0.717, 1.165) is 37.7 Å². The Bertz CT molecular complexity index is 1070. The van der Waals surface area contributed by atoms with Gasteiger partial charge in [0.2, 0.25) is 0 Å². The maximum atomic E-state index is 6.44. The fourth-order valence-electron chi connectivity index (χ4n) is 4.85. The predicted molar refractivity (Wildman–Crippen MR) is 128 cm³/mol. The molecule has 0 spiro atoms. The molecule has 5 rings (SSSR count). The van der Waals surface area contributed by atoms with E-state index >= 15 is 0 Å². The molecule has 2 aliphatic heterocycles. The van der Waals surface area contributed by atoms with Gasteiger partial charge in [0.25, 0.3) is 0 Å². The van der Waals surface area contributed by atoms with Crippen LogP contribution in [-0.2, 0) is 31.6 Å². The minimum atomic E-state index is -0.0316. The highest BCUT2D eigenvalue weighted by Gasteiger charge is 2.33. The molecule has 0 N–H and O–H groups in total. The molecule has 2 aliphatic rings. The van der Waals surface area contributed by atoms with E-state index < -0.39 is 0 Å². The molecule has 2 heterocycles. The van der Waals surface area contributed by atoms with Crippen molar-refractivity contribution < 1.29 is 9.47 Å². The summed E-state index contributed by atoms with van der Waals surface area (Å²) in [5, 5.41) is 0. The number of hydrogen-bond donors (Lipinski definition) is 0. The van der Waals surface area contributed by atoms with Gasteiger partial charge in [-0.2, -0.15) is 0 Å². The molecule has 0 unspecified atom stereocenters. The lowest BCUT2D eigenvalue weighted by Crippen LogP contribution is -2.36. The molecule has 0 bridgehead atoms. The zero-order valence-electron chi connectivity index (χ0n) is 19.3. The number of hydrogen-bond acceptors (Lipinski definition) is 4. The smallest absolute Gasteiger partial charge is 0.142 e. The zero-order valence-corrected chi connectivity index (χ0v) is 19.3. The summed E-state index contributed by atoms with van der Waals surface area (Å²) in [6.07, 6.45) is 0. The van der Waals surface area contributed by atoms with Crippen LogP contribution in [0.15, 0.2) is 66.7 Å². The number of rotatable bonds is 4. The molecule has 4 nitrogen and oxygen atoms in total. The van der Waals surface area contributed by atoms with Crippen molar-refractivity contribution >= 4 is 0 Å². The van der Waals surface area contributed by atoms with Crippen LogP contribution in [0, 0.1) is 0 Å². The molecule has 0 radical (unpaired) electrons. The molecule has 0 aliphatic carbocycles. The first-order chi connectivity index (χ1) is 15.5. The second kappa shape index (κ2) is 8.61. The van der Waals surface area contributed by atoms with Gasteiger partial charge in [-0.1, -0.05) is 81.4 Å². The van der Waals surface area contributed by atoms with Gasteiger partial charge in [0.15, 0.2) is 0 Å². The monoisotopic (exact) mass is 428 g/mol. The summed E-state index contributed by atoms with van der Waals surface area (Å²) in [6.45, 7) is 11.6. The van der Waals surface area contributed by atoms with E-state index in [0.29, 0.717) is 13.5 Å². The van der Waals surface area contributed by atoms with Gasteiger partial charge in [-0.3, -0.25) is 9.80 Å². The number of fused-ring (bicyclic) bond motifs is 2. The molecule has 32 heavy (non-hydrogen) atoms. The first-order valence-corrected chi connectivity index (χ1v) is 11.4. The molecular formula is C28H32N2O2. The van der Waals surface area contributed by atoms with Gasteiger partial charge < -0.3 is 9.47 Å². The van der Waals surface area contributed by atoms with E-state index in [-0.39, 0.29) is 5.41 Å². The molecule has 0 amide bonds. The van der Waals surface area contributed by atoms with Crippen molar-refractivity contribution in [2.45, 2.75) is 52.4 Å². The Balaban J connectivity index is 1.43. The highest BCUT2D eigenvalue weighted by Crippen LogP contribution is 2.45. The van der Waals surface area contributed by atoms with Crippen LogP contribution in [0.25, 0.3) is 0 Å². The second-order valence-corrected chi connectivity index (χ2v) is 9.96. The molecule has 0 fully saturated rings. The normalized spacial score (nSPS) is 16.6. The maximum absolute atomic E-state index is 6.44. The summed E-state index contributed by atoms with van der Waals surface area (Å²) in [6, 6.07) is 23.4. The lowest BCUT2D eigenvalue weighted by atomic mass is 9.80. The Morgan fingerprint density at radius 3 is 1.91 bits per heavy atom. The fourth-order valence-corrected chi connectivity index (χ4v) is 4.85. The number of ether oxygens (including phenoxy) is 2. The molecule has 166 valence electrons. The molecule has 0 aromatic heterocycles. The molecule has 3 aromatic carbocycles. The van der Waals surface area contributed by atoms with Crippen LogP contribution in [0.2, 0.25) is 0 Å². The van der Waals surface area contributed by atoms with Crippen molar-refractivity contribution in [2.75, 3.05) is 13.5 Å². The predicted octanol–water partition coefficient (Wildman–Crippen LogP) is 5.69. The van der Waals surface area contributed by atoms with Crippen LogP contribution in [0.5, 0.6) is 11.5 Å². The Hall–Kier alpha value is -2.82. The third-order valence-corrected chi connectivity index (χ3v) is 6.24. The van der Waals surface area contributed by atoms with Crippen molar-refractivity contribution in [1.82, 2.24) is 9.80 Å². The van der Waals surface area contributed by atoms with Gasteiger partial charge in [-0.05, 0) is 22.6 Å². The van der Waals surface area contributed by atoms with E-state index in [9.17, 15) is 0 Å². The molecule has 4 heteroatoms. The standard InChI is InChI=1S/C28H32N2O2/c1-28(2,3)26-24-18-30(16-22-12-8-5-9-13-22)19-31-25(24)14-23-17-29(20-32-27(23)26)15-21-10-6-4-7-11-21/h4-14H,15-20H2,1-3H3. The summed E-state index contributed by atoms with van der Waals surface area (Å²) in [7, 11) is 0. The Labute approximate surface area is 191 Å². The summed E-state index contributed by atoms with van der Waals surface area (Å²) in [5.41, 5.74) is 6.38. The Morgan fingerprint density at radius 2 is 1.31 bits per heavy atom. The van der Waals surface area contributed by atoms with E-state index in [2.05, 4.69) is 97.3 Å². The molecule has 0 saturated carbocycles. The highest BCUT2D eigenvalue weighted by molar-refractivity contribution is 5.57. The van der Waals surface area contributed by atoms with E-state index in [1.807, 2.05) is 0 Å². The largest absolute Gasteiger partial charge is 0.478 e. The van der Waals surface area contributed by atoms with Crippen molar-refractivity contribution in [3.05, 3.63) is 94.5 Å². The van der Waals surface area contributed by atoms with Gasteiger partial charge in [-0.15, -0.1) is 0 Å². The van der Waals surface area contributed by atoms with Crippen LogP contribution in [0.4, 0.5) is 0 Å².